The molecule has 0 spiro atoms. The lowest BCUT2D eigenvalue weighted by molar-refractivity contribution is -0.139. The van der Waals surface area contributed by atoms with E-state index in [1.807, 2.05) is 0 Å². The van der Waals surface area contributed by atoms with Crippen LogP contribution < -0.4 is 38.5 Å². The number of hydrogen-bond acceptors (Lipinski definition) is 16. The molecule has 70 heavy (non-hydrogen) atoms. The zero-order valence-corrected chi connectivity index (χ0v) is 39.7. The molecule has 4 rings (SSSR count). The number of primary amides is 1. The Morgan fingerprint density at radius 2 is 1.34 bits per heavy atom. The molecule has 3 aliphatic rings. The van der Waals surface area contributed by atoms with Gasteiger partial charge in [-0.15, -0.1) is 0 Å². The van der Waals surface area contributed by atoms with Gasteiger partial charge in [0.2, 0.25) is 29.5 Å². The highest BCUT2D eigenvalue weighted by Gasteiger charge is 2.60. The first kappa shape index (κ1) is 56.6. The molecule has 26 nitrogen and oxygen atoms in total. The summed E-state index contributed by atoms with van der Waals surface area (Å²) in [6.07, 6.45) is 0.844. The predicted octanol–water partition coefficient (Wildman–Crippen LogP) is -5.90. The van der Waals surface area contributed by atoms with Gasteiger partial charge in [-0.05, 0) is 62.6 Å². The number of hydrogen-bond donors (Lipinski definition) is 12. The lowest BCUT2D eigenvalue weighted by atomic mass is 9.77. The highest BCUT2D eigenvalue weighted by Crippen LogP contribution is 2.46. The summed E-state index contributed by atoms with van der Waals surface area (Å²) in [5, 5.41) is 59.5. The summed E-state index contributed by atoms with van der Waals surface area (Å²) in [4.78, 5) is 113. The van der Waals surface area contributed by atoms with Gasteiger partial charge in [0.25, 0.3) is 5.91 Å². The smallest absolute Gasteiger partial charge is 0.475 e. The molecule has 3 fully saturated rings. The number of benzene rings is 1. The summed E-state index contributed by atoms with van der Waals surface area (Å²) in [6, 6.07) is 5.37. The molecule has 1 aliphatic carbocycles. The summed E-state index contributed by atoms with van der Waals surface area (Å²) in [5.41, 5.74) is 16.2. The van der Waals surface area contributed by atoms with Crippen LogP contribution in [0.5, 0.6) is 0 Å². The number of carbonyl (C=O) groups excluding carboxylic acids is 6. The van der Waals surface area contributed by atoms with Crippen LogP contribution in [-0.2, 0) is 40.1 Å². The first-order chi connectivity index (χ1) is 33.1. The molecule has 2 saturated heterocycles. The Morgan fingerprint density at radius 3 is 1.87 bits per heavy atom. The molecule has 2 heterocycles. The molecule has 2 aliphatic heterocycles. The number of aliphatic hydroxyl groups is 1. The Hall–Kier alpha value is -5.97. The van der Waals surface area contributed by atoms with Crippen LogP contribution in [0.15, 0.2) is 29.3 Å². The van der Waals surface area contributed by atoms with Crippen LogP contribution in [0.3, 0.4) is 0 Å². The topological polar surface area (TPSA) is 392 Å². The van der Waals surface area contributed by atoms with Gasteiger partial charge in [-0.25, -0.2) is 0 Å². The quantitative estimate of drug-likeness (QED) is 0.0199. The van der Waals surface area contributed by atoms with E-state index in [2.05, 4.69) is 26.3 Å². The van der Waals surface area contributed by atoms with Crippen molar-refractivity contribution in [2.24, 2.45) is 28.1 Å². The van der Waals surface area contributed by atoms with E-state index >= 15 is 0 Å². The number of nitrogens with two attached hydrogens (primary N) is 3. The molecular formula is C43H70BN13O13. The number of amides is 6. The van der Waals surface area contributed by atoms with Crippen molar-refractivity contribution < 1.29 is 63.7 Å². The van der Waals surface area contributed by atoms with E-state index in [9.17, 15) is 63.7 Å². The fourth-order valence-corrected chi connectivity index (χ4v) is 8.62. The monoisotopic (exact) mass is 988 g/mol. The molecular weight excluding hydrogens is 917 g/mol. The van der Waals surface area contributed by atoms with E-state index < -0.39 is 72.2 Å². The standard InChI is InChI=1S/C43H70BN13O13/c1-28(40(67)57-23-32(58)20-33(57)44(69)70)51-39(66)30-7-5-29(6-8-30)22-50-35(60)4-2-3-10-48-41(68)43(21-31(43)9-11-49-42(46)47)52-36(61)25-54-14-18-55(26-37(62)63)16-12-53(24-34(45)59)13-17-56(19-15-54)27-38(64)65/h5-8,28,31-33,58,69-70H,2-4,9-27H2,1H3,(H2,45,59)(H,48,68)(H,50,60)(H,51,66)(H,52,61)(H,62,63)(H,64,65)(H4,46,47,49)/t28-,31?,32+,33+,43?/m1/s1. The van der Waals surface area contributed by atoms with Gasteiger partial charge in [0.15, 0.2) is 5.96 Å². The highest BCUT2D eigenvalue weighted by molar-refractivity contribution is 6.43. The van der Waals surface area contributed by atoms with Gasteiger partial charge in [-0.1, -0.05) is 12.1 Å². The van der Waals surface area contributed by atoms with Crippen LogP contribution in [0.4, 0.5) is 0 Å². The number of nitrogens with zero attached hydrogens (tertiary/aromatic N) is 6. The first-order valence-corrected chi connectivity index (χ1v) is 23.4. The Morgan fingerprint density at radius 1 is 0.786 bits per heavy atom. The van der Waals surface area contributed by atoms with E-state index in [1.54, 1.807) is 31.7 Å². The molecule has 0 radical (unpaired) electrons. The molecule has 27 heteroatoms. The maximum atomic E-state index is 13.8. The fourth-order valence-electron chi connectivity index (χ4n) is 8.62. The van der Waals surface area contributed by atoms with Crippen molar-refractivity contribution in [1.29, 1.82) is 0 Å². The zero-order chi connectivity index (χ0) is 51.5. The molecule has 0 bridgehead atoms. The maximum Gasteiger partial charge on any atom is 0.475 e. The summed E-state index contributed by atoms with van der Waals surface area (Å²) in [7, 11) is -1.84. The summed E-state index contributed by atoms with van der Waals surface area (Å²) in [5.74, 6) is -6.30. The number of guanidine groups is 1. The molecule has 1 aromatic carbocycles. The van der Waals surface area contributed by atoms with Crippen molar-refractivity contribution in [3.63, 3.8) is 0 Å². The number of aliphatic carboxylic acids is 2. The normalized spacial score (nSPS) is 22.1. The van der Waals surface area contributed by atoms with Gasteiger partial charge < -0.3 is 68.7 Å². The average Bonchev–Trinajstić information content (AvgIpc) is 3.83. The number of carboxylic acid groups (broad SMARTS) is 2. The van der Waals surface area contributed by atoms with Crippen molar-refractivity contribution in [1.82, 2.24) is 45.8 Å². The molecule has 5 atom stereocenters. The summed E-state index contributed by atoms with van der Waals surface area (Å²) >= 11 is 0. The molecule has 2 unspecified atom stereocenters. The van der Waals surface area contributed by atoms with Gasteiger partial charge >= 0.3 is 19.1 Å². The highest BCUT2D eigenvalue weighted by atomic mass is 16.4. The molecule has 1 aromatic rings. The number of aliphatic hydroxyl groups excluding tert-OH is 1. The average molecular weight is 988 g/mol. The Balaban J connectivity index is 1.26. The van der Waals surface area contributed by atoms with Crippen LogP contribution in [0.25, 0.3) is 0 Å². The van der Waals surface area contributed by atoms with Gasteiger partial charge in [0.05, 0.1) is 38.2 Å². The Kier molecular flexibility index (Phi) is 22.2. The van der Waals surface area contributed by atoms with E-state index in [4.69, 9.17) is 17.2 Å². The number of β-amino-alcohol motifs (C(OH)–C–C–N with tert-alkyl or cyclic N) is 1. The van der Waals surface area contributed by atoms with Crippen LogP contribution in [0.1, 0.15) is 61.4 Å². The number of rotatable bonds is 24. The van der Waals surface area contributed by atoms with Crippen LogP contribution in [-0.4, -0.2) is 232 Å². The number of aliphatic imine (C=N–C) groups is 1. The van der Waals surface area contributed by atoms with E-state index in [-0.39, 0.29) is 128 Å². The number of likely N-dealkylation sites (tertiary alicyclic amines) is 1. The zero-order valence-electron chi connectivity index (χ0n) is 39.7. The number of carboxylic acids is 2. The van der Waals surface area contributed by atoms with E-state index in [0.717, 1.165) is 4.90 Å². The van der Waals surface area contributed by atoms with Crippen molar-refractivity contribution in [2.75, 3.05) is 98.2 Å². The first-order valence-electron chi connectivity index (χ1n) is 23.4. The second-order valence-electron chi connectivity index (χ2n) is 18.1. The molecule has 0 aromatic heterocycles. The van der Waals surface area contributed by atoms with Crippen LogP contribution in [0, 0.1) is 5.92 Å². The minimum atomic E-state index is -1.84. The number of carbonyl (C=O) groups is 8. The second kappa shape index (κ2) is 27.4. The van der Waals surface area contributed by atoms with Gasteiger partial charge in [0, 0.05) is 90.5 Å². The summed E-state index contributed by atoms with van der Waals surface area (Å²) in [6.45, 7) is 3.24. The fraction of sp³-hybridized carbons (Fsp3) is 0.651. The molecule has 1 saturated carbocycles. The number of nitrogens with one attached hydrogen (secondary N) is 4. The van der Waals surface area contributed by atoms with Crippen molar-refractivity contribution in [3.8, 4) is 0 Å². The van der Waals surface area contributed by atoms with Crippen molar-refractivity contribution >= 4 is 60.5 Å². The predicted molar refractivity (Wildman–Crippen MR) is 253 cm³/mol. The van der Waals surface area contributed by atoms with Gasteiger partial charge in [-0.2, -0.15) is 0 Å². The third-order valence-electron chi connectivity index (χ3n) is 12.5. The minimum absolute atomic E-state index is 0.00447. The Bertz CT molecular complexity index is 1980. The molecule has 388 valence electrons. The third kappa shape index (κ3) is 18.7. The molecule has 6 amide bonds. The van der Waals surface area contributed by atoms with Crippen LogP contribution >= 0.6 is 0 Å². The van der Waals surface area contributed by atoms with E-state index in [1.165, 1.54) is 19.1 Å². The number of unbranched alkanes of at least 4 members (excludes halogenated alkanes) is 1. The third-order valence-corrected chi connectivity index (χ3v) is 12.5. The second-order valence-corrected chi connectivity index (χ2v) is 18.1. The lowest BCUT2D eigenvalue weighted by Crippen LogP contribution is -2.54. The molecule has 15 N–H and O–H groups in total. The van der Waals surface area contributed by atoms with Gasteiger partial charge in [-0.3, -0.25) is 62.9 Å². The van der Waals surface area contributed by atoms with Crippen molar-refractivity contribution in [3.05, 3.63) is 35.4 Å². The van der Waals surface area contributed by atoms with Crippen LogP contribution in [0.2, 0.25) is 0 Å². The summed E-state index contributed by atoms with van der Waals surface area (Å²) < 4.78 is 0. The van der Waals surface area contributed by atoms with Gasteiger partial charge in [0.1, 0.15) is 11.6 Å². The minimum Gasteiger partial charge on any atom is -0.480 e. The van der Waals surface area contributed by atoms with Crippen molar-refractivity contribution in [2.45, 2.75) is 75.6 Å². The maximum absolute atomic E-state index is 13.8. The SMILES string of the molecule is C[C@@H](NC(=O)c1ccc(CNC(=O)CCCCNC(=O)C2(NC(=O)CN3CCN(CC(=O)O)CCN(CC(N)=O)CCN(CC(=O)O)CC3)CC2CCN=C(N)N)cc1)C(=O)N1C[C@@H](O)C[C@H]1B(O)O. The Labute approximate surface area is 406 Å². The van der Waals surface area contributed by atoms with E-state index in [0.29, 0.717) is 44.3 Å². The lowest BCUT2D eigenvalue weighted by Gasteiger charge is -2.33. The largest absolute Gasteiger partial charge is 0.480 e.